The Morgan fingerprint density at radius 3 is 2.65 bits per heavy atom. The van der Waals surface area contributed by atoms with Gasteiger partial charge >= 0.3 is 0 Å². The van der Waals surface area contributed by atoms with Gasteiger partial charge in [0, 0.05) is 31.5 Å². The van der Waals surface area contributed by atoms with Crippen LogP contribution in [0.3, 0.4) is 0 Å². The van der Waals surface area contributed by atoms with Gasteiger partial charge in [-0.05, 0) is 31.6 Å². The Morgan fingerprint density at radius 2 is 2.00 bits per heavy atom. The molecule has 2 fully saturated rings. The summed E-state index contributed by atoms with van der Waals surface area (Å²) >= 11 is 0. The van der Waals surface area contributed by atoms with Gasteiger partial charge in [0.25, 0.3) is 0 Å². The maximum absolute atomic E-state index is 12.2. The minimum Gasteiger partial charge on any atom is -0.395 e. The number of carbonyl (C=O) groups is 1. The molecule has 2 atom stereocenters. The second-order valence-corrected chi connectivity index (χ2v) is 6.75. The van der Waals surface area contributed by atoms with Crippen molar-refractivity contribution in [2.45, 2.75) is 70.8 Å². The van der Waals surface area contributed by atoms with Crippen LogP contribution in [0.15, 0.2) is 0 Å². The largest absolute Gasteiger partial charge is 0.395 e. The van der Waals surface area contributed by atoms with Crippen molar-refractivity contribution in [3.05, 3.63) is 0 Å². The summed E-state index contributed by atoms with van der Waals surface area (Å²) in [7, 11) is 0. The van der Waals surface area contributed by atoms with E-state index in [-0.39, 0.29) is 12.5 Å². The van der Waals surface area contributed by atoms with Crippen LogP contribution in [0.2, 0.25) is 0 Å². The summed E-state index contributed by atoms with van der Waals surface area (Å²) in [5.74, 6) is 1.45. The zero-order valence-corrected chi connectivity index (χ0v) is 13.0. The van der Waals surface area contributed by atoms with Crippen molar-refractivity contribution >= 4 is 5.78 Å². The third-order valence-electron chi connectivity index (χ3n) is 5.25. The first-order chi connectivity index (χ1) is 9.74. The van der Waals surface area contributed by atoms with Gasteiger partial charge in [0.2, 0.25) is 0 Å². The SMILES string of the molecule is CCCC1CCC(=O)C(CN(CCO)C2CCCC2)C1. The fourth-order valence-corrected chi connectivity index (χ4v) is 4.15. The Bertz CT molecular complexity index is 299. The van der Waals surface area contributed by atoms with E-state index in [4.69, 9.17) is 0 Å². The van der Waals surface area contributed by atoms with E-state index >= 15 is 0 Å². The molecule has 2 rings (SSSR count). The lowest BCUT2D eigenvalue weighted by molar-refractivity contribution is -0.126. The molecule has 0 aliphatic heterocycles. The standard InChI is InChI=1S/C17H31NO2/c1-2-5-14-8-9-17(20)15(12-14)13-18(10-11-19)16-6-3-4-7-16/h14-16,19H,2-13H2,1H3. The molecule has 0 amide bonds. The van der Waals surface area contributed by atoms with Crippen LogP contribution in [0.5, 0.6) is 0 Å². The molecule has 116 valence electrons. The summed E-state index contributed by atoms with van der Waals surface area (Å²) in [5.41, 5.74) is 0. The van der Waals surface area contributed by atoms with Gasteiger partial charge in [0.1, 0.15) is 5.78 Å². The van der Waals surface area contributed by atoms with Crippen LogP contribution in [0.1, 0.15) is 64.7 Å². The molecule has 0 saturated heterocycles. The minimum absolute atomic E-state index is 0.218. The molecule has 0 heterocycles. The molecule has 3 heteroatoms. The topological polar surface area (TPSA) is 40.5 Å². The van der Waals surface area contributed by atoms with E-state index in [0.717, 1.165) is 38.3 Å². The van der Waals surface area contributed by atoms with Crippen LogP contribution in [-0.4, -0.2) is 41.5 Å². The smallest absolute Gasteiger partial charge is 0.137 e. The molecule has 0 spiro atoms. The first kappa shape index (κ1) is 16.0. The van der Waals surface area contributed by atoms with Gasteiger partial charge in [-0.3, -0.25) is 9.69 Å². The molecule has 1 N–H and O–H groups in total. The van der Waals surface area contributed by atoms with Crippen LogP contribution in [0.25, 0.3) is 0 Å². The summed E-state index contributed by atoms with van der Waals surface area (Å²) in [6.45, 7) is 4.09. The number of nitrogens with zero attached hydrogens (tertiary/aromatic N) is 1. The van der Waals surface area contributed by atoms with Crippen molar-refractivity contribution < 1.29 is 9.90 Å². The number of carbonyl (C=O) groups excluding carboxylic acids is 1. The molecule has 2 unspecified atom stereocenters. The van der Waals surface area contributed by atoms with Crippen molar-refractivity contribution in [2.24, 2.45) is 11.8 Å². The van der Waals surface area contributed by atoms with Crippen LogP contribution in [-0.2, 0) is 4.79 Å². The van der Waals surface area contributed by atoms with E-state index in [1.807, 2.05) is 0 Å². The van der Waals surface area contributed by atoms with E-state index in [1.165, 1.54) is 38.5 Å². The quantitative estimate of drug-likeness (QED) is 0.780. The second kappa shape index (κ2) is 8.14. The molecular formula is C17H31NO2. The summed E-state index contributed by atoms with van der Waals surface area (Å²) in [6, 6.07) is 0.613. The predicted octanol–water partition coefficient (Wildman–Crippen LogP) is 3.01. The van der Waals surface area contributed by atoms with Crippen LogP contribution in [0.4, 0.5) is 0 Å². The van der Waals surface area contributed by atoms with Crippen molar-refractivity contribution in [3.8, 4) is 0 Å². The highest BCUT2D eigenvalue weighted by atomic mass is 16.3. The fourth-order valence-electron chi connectivity index (χ4n) is 4.15. The zero-order valence-electron chi connectivity index (χ0n) is 13.0. The summed E-state index contributed by atoms with van der Waals surface area (Å²) in [4.78, 5) is 14.6. The summed E-state index contributed by atoms with van der Waals surface area (Å²) < 4.78 is 0. The molecule has 2 aliphatic carbocycles. The van der Waals surface area contributed by atoms with Crippen molar-refractivity contribution in [2.75, 3.05) is 19.7 Å². The van der Waals surface area contributed by atoms with E-state index in [9.17, 15) is 9.90 Å². The van der Waals surface area contributed by atoms with Gasteiger partial charge in [-0.25, -0.2) is 0 Å². The maximum Gasteiger partial charge on any atom is 0.137 e. The van der Waals surface area contributed by atoms with Crippen molar-refractivity contribution in [3.63, 3.8) is 0 Å². The lowest BCUT2D eigenvalue weighted by Crippen LogP contribution is -2.42. The third-order valence-corrected chi connectivity index (χ3v) is 5.25. The number of ketones is 1. The number of aliphatic hydroxyl groups is 1. The molecule has 0 radical (unpaired) electrons. The van der Waals surface area contributed by atoms with E-state index in [0.29, 0.717) is 11.8 Å². The molecular weight excluding hydrogens is 250 g/mol. The molecule has 3 nitrogen and oxygen atoms in total. The van der Waals surface area contributed by atoms with E-state index in [2.05, 4.69) is 11.8 Å². The van der Waals surface area contributed by atoms with E-state index in [1.54, 1.807) is 0 Å². The highest BCUT2D eigenvalue weighted by molar-refractivity contribution is 5.82. The van der Waals surface area contributed by atoms with Gasteiger partial charge in [0.15, 0.2) is 0 Å². The van der Waals surface area contributed by atoms with Crippen molar-refractivity contribution in [1.82, 2.24) is 4.90 Å². The summed E-state index contributed by atoms with van der Waals surface area (Å²) in [6.07, 6.45) is 10.6. The molecule has 2 saturated carbocycles. The molecule has 2 aliphatic rings. The van der Waals surface area contributed by atoms with Gasteiger partial charge in [-0.15, -0.1) is 0 Å². The second-order valence-electron chi connectivity index (χ2n) is 6.75. The first-order valence-corrected chi connectivity index (χ1v) is 8.62. The molecule has 0 aromatic heterocycles. The fraction of sp³-hybridized carbons (Fsp3) is 0.941. The van der Waals surface area contributed by atoms with Gasteiger partial charge in [-0.2, -0.15) is 0 Å². The molecule has 0 aromatic rings. The Balaban J connectivity index is 1.91. The van der Waals surface area contributed by atoms with E-state index < -0.39 is 0 Å². The Morgan fingerprint density at radius 1 is 1.25 bits per heavy atom. The van der Waals surface area contributed by atoms with Crippen molar-refractivity contribution in [1.29, 1.82) is 0 Å². The number of aliphatic hydroxyl groups excluding tert-OH is 1. The predicted molar refractivity (Wildman–Crippen MR) is 81.7 cm³/mol. The first-order valence-electron chi connectivity index (χ1n) is 8.62. The van der Waals surface area contributed by atoms with Gasteiger partial charge in [0.05, 0.1) is 6.61 Å². The number of rotatable bonds is 7. The number of hydrogen-bond acceptors (Lipinski definition) is 3. The summed E-state index contributed by atoms with van der Waals surface area (Å²) in [5, 5.41) is 9.30. The minimum atomic E-state index is 0.218. The Labute approximate surface area is 123 Å². The van der Waals surface area contributed by atoms with Crippen LogP contribution >= 0.6 is 0 Å². The molecule has 0 aromatic carbocycles. The number of Topliss-reactive ketones (excluding diaryl/α,β-unsaturated/α-hetero) is 1. The van der Waals surface area contributed by atoms with Crippen LogP contribution in [0, 0.1) is 11.8 Å². The van der Waals surface area contributed by atoms with Gasteiger partial charge < -0.3 is 5.11 Å². The van der Waals surface area contributed by atoms with Crippen LogP contribution < -0.4 is 0 Å². The lowest BCUT2D eigenvalue weighted by Gasteiger charge is -2.35. The normalized spacial score (nSPS) is 28.4. The average Bonchev–Trinajstić information content (AvgIpc) is 2.96. The highest BCUT2D eigenvalue weighted by Gasteiger charge is 2.32. The number of hydrogen-bond donors (Lipinski definition) is 1. The maximum atomic E-state index is 12.2. The highest BCUT2D eigenvalue weighted by Crippen LogP contribution is 2.32. The molecule has 20 heavy (non-hydrogen) atoms. The van der Waals surface area contributed by atoms with Gasteiger partial charge in [-0.1, -0.05) is 32.6 Å². The average molecular weight is 281 g/mol. The Kier molecular flexibility index (Phi) is 6.50. The monoisotopic (exact) mass is 281 g/mol. The zero-order chi connectivity index (χ0) is 14.4. The molecule has 0 bridgehead atoms. The lowest BCUT2D eigenvalue weighted by atomic mass is 9.78. The third kappa shape index (κ3) is 4.29. The Hall–Kier alpha value is -0.410.